The van der Waals surface area contributed by atoms with Gasteiger partial charge in [-0.3, -0.25) is 4.79 Å². The molecular weight excluding hydrogens is 332 g/mol. The molecule has 0 aliphatic heterocycles. The minimum Gasteiger partial charge on any atom is -0.353 e. The molecule has 4 heteroatoms. The molecule has 0 saturated heterocycles. The molecular formula is C17H27BrO3. The zero-order valence-corrected chi connectivity index (χ0v) is 15.3. The normalized spacial score (nSPS) is 9.29. The Morgan fingerprint density at radius 1 is 1.14 bits per heavy atom. The second-order valence-corrected chi connectivity index (χ2v) is 4.97. The molecule has 0 bridgehead atoms. The summed E-state index contributed by atoms with van der Waals surface area (Å²) in [6.07, 6.45) is 0.863. The van der Waals surface area contributed by atoms with Gasteiger partial charge in [0.2, 0.25) is 0 Å². The standard InChI is InChI=1S/C9H9BrO.C6H14O2.C2H4/c1-6-3-8(10)4-7(2)9(6)5-11;1-4-7-6(3)8-5-2;1-2/h3-5H,1-2H3;6H,4-5H2,1-3H3;1-2H2. The number of ether oxygens (including phenoxy) is 2. The molecule has 0 fully saturated rings. The summed E-state index contributed by atoms with van der Waals surface area (Å²) in [4.78, 5) is 10.5. The molecule has 0 heterocycles. The van der Waals surface area contributed by atoms with E-state index in [0.717, 1.165) is 40.7 Å². The highest BCUT2D eigenvalue weighted by atomic mass is 79.9. The highest BCUT2D eigenvalue weighted by Gasteiger charge is 2.01. The second kappa shape index (κ2) is 14.0. The predicted molar refractivity (Wildman–Crippen MR) is 93.0 cm³/mol. The van der Waals surface area contributed by atoms with Crippen molar-refractivity contribution in [2.75, 3.05) is 13.2 Å². The van der Waals surface area contributed by atoms with E-state index in [9.17, 15) is 4.79 Å². The Balaban J connectivity index is 0. The number of rotatable bonds is 5. The van der Waals surface area contributed by atoms with Gasteiger partial charge in [0.25, 0.3) is 0 Å². The third-order valence-corrected chi connectivity index (χ3v) is 2.94. The van der Waals surface area contributed by atoms with Crippen LogP contribution in [0.5, 0.6) is 0 Å². The van der Waals surface area contributed by atoms with Gasteiger partial charge in [0.05, 0.1) is 0 Å². The first kappa shape index (κ1) is 22.3. The number of carbonyl (C=O) groups excluding carboxylic acids is 1. The first-order chi connectivity index (χ1) is 9.96. The van der Waals surface area contributed by atoms with Crippen molar-refractivity contribution in [3.63, 3.8) is 0 Å². The van der Waals surface area contributed by atoms with Crippen LogP contribution in [-0.2, 0) is 9.47 Å². The molecule has 3 nitrogen and oxygen atoms in total. The third kappa shape index (κ3) is 10.4. The smallest absolute Gasteiger partial charge is 0.154 e. The zero-order chi connectivity index (χ0) is 16.8. The van der Waals surface area contributed by atoms with Gasteiger partial charge in [0, 0.05) is 23.2 Å². The fraction of sp³-hybridized carbons (Fsp3) is 0.471. The minimum absolute atomic E-state index is 0.0370. The Bertz CT molecular complexity index is 376. The average molecular weight is 359 g/mol. The molecule has 0 amide bonds. The van der Waals surface area contributed by atoms with Crippen molar-refractivity contribution in [3.8, 4) is 0 Å². The van der Waals surface area contributed by atoms with Gasteiger partial charge in [-0.2, -0.15) is 0 Å². The third-order valence-electron chi connectivity index (χ3n) is 2.48. The summed E-state index contributed by atoms with van der Waals surface area (Å²) in [5, 5.41) is 0. The monoisotopic (exact) mass is 358 g/mol. The van der Waals surface area contributed by atoms with Crippen LogP contribution >= 0.6 is 15.9 Å². The van der Waals surface area contributed by atoms with Gasteiger partial charge in [-0.05, 0) is 57.9 Å². The fourth-order valence-electron chi connectivity index (χ4n) is 1.63. The minimum atomic E-state index is -0.0370. The van der Waals surface area contributed by atoms with E-state index in [4.69, 9.17) is 9.47 Å². The van der Waals surface area contributed by atoms with Crippen LogP contribution < -0.4 is 0 Å². The number of benzene rings is 1. The molecule has 0 spiro atoms. The molecule has 120 valence electrons. The van der Waals surface area contributed by atoms with E-state index in [1.54, 1.807) is 0 Å². The summed E-state index contributed by atoms with van der Waals surface area (Å²) in [5.41, 5.74) is 2.84. The van der Waals surface area contributed by atoms with E-state index in [2.05, 4.69) is 29.1 Å². The van der Waals surface area contributed by atoms with Gasteiger partial charge < -0.3 is 9.47 Å². The second-order valence-electron chi connectivity index (χ2n) is 4.05. The maximum atomic E-state index is 10.5. The molecule has 0 N–H and O–H groups in total. The van der Waals surface area contributed by atoms with E-state index in [1.165, 1.54) is 0 Å². The SMILES string of the molecule is C=C.CCOC(C)OCC.Cc1cc(Br)cc(C)c1C=O. The zero-order valence-electron chi connectivity index (χ0n) is 13.7. The molecule has 21 heavy (non-hydrogen) atoms. The quantitative estimate of drug-likeness (QED) is 0.418. The maximum Gasteiger partial charge on any atom is 0.154 e. The summed E-state index contributed by atoms with van der Waals surface area (Å²) in [5.74, 6) is 0. The van der Waals surface area contributed by atoms with E-state index in [0.29, 0.717) is 0 Å². The largest absolute Gasteiger partial charge is 0.353 e. The molecule has 0 aromatic heterocycles. The van der Waals surface area contributed by atoms with Crippen LogP contribution in [0.1, 0.15) is 42.3 Å². The number of aryl methyl sites for hydroxylation is 2. The summed E-state index contributed by atoms with van der Waals surface area (Å²) in [6.45, 7) is 17.1. The lowest BCUT2D eigenvalue weighted by atomic mass is 10.0. The molecule has 0 aliphatic carbocycles. The maximum absolute atomic E-state index is 10.5. The highest BCUT2D eigenvalue weighted by Crippen LogP contribution is 2.18. The topological polar surface area (TPSA) is 35.5 Å². The van der Waals surface area contributed by atoms with Crippen LogP contribution in [0.3, 0.4) is 0 Å². The first-order valence-electron chi connectivity index (χ1n) is 6.91. The van der Waals surface area contributed by atoms with Crippen LogP contribution in [-0.4, -0.2) is 25.8 Å². The molecule has 0 atom stereocenters. The molecule has 1 aromatic carbocycles. The number of hydrogen-bond acceptors (Lipinski definition) is 3. The van der Waals surface area contributed by atoms with Crippen LogP contribution in [0.15, 0.2) is 29.8 Å². The molecule has 0 saturated carbocycles. The molecule has 0 aliphatic rings. The Morgan fingerprint density at radius 3 is 1.81 bits per heavy atom. The molecule has 1 rings (SSSR count). The molecule has 0 radical (unpaired) electrons. The lowest BCUT2D eigenvalue weighted by molar-refractivity contribution is -0.123. The lowest BCUT2D eigenvalue weighted by Crippen LogP contribution is -2.11. The van der Waals surface area contributed by atoms with Crippen molar-refractivity contribution in [2.45, 2.75) is 40.9 Å². The fourth-order valence-corrected chi connectivity index (χ4v) is 2.31. The van der Waals surface area contributed by atoms with Gasteiger partial charge in [-0.1, -0.05) is 15.9 Å². The van der Waals surface area contributed by atoms with E-state index >= 15 is 0 Å². The average Bonchev–Trinajstić information content (AvgIpc) is 2.41. The van der Waals surface area contributed by atoms with Gasteiger partial charge in [0.1, 0.15) is 0 Å². The van der Waals surface area contributed by atoms with Crippen molar-refractivity contribution in [1.29, 1.82) is 0 Å². The van der Waals surface area contributed by atoms with Crippen LogP contribution in [0, 0.1) is 13.8 Å². The molecule has 1 aromatic rings. The van der Waals surface area contributed by atoms with Gasteiger partial charge in [-0.15, -0.1) is 13.2 Å². The van der Waals surface area contributed by atoms with Crippen molar-refractivity contribution < 1.29 is 14.3 Å². The lowest BCUT2D eigenvalue weighted by Gasteiger charge is -2.09. The highest BCUT2D eigenvalue weighted by molar-refractivity contribution is 9.10. The summed E-state index contributed by atoms with van der Waals surface area (Å²) >= 11 is 3.36. The van der Waals surface area contributed by atoms with E-state index in [-0.39, 0.29) is 6.29 Å². The van der Waals surface area contributed by atoms with Crippen molar-refractivity contribution in [3.05, 3.63) is 46.5 Å². The summed E-state index contributed by atoms with van der Waals surface area (Å²) in [6, 6.07) is 3.88. The Morgan fingerprint density at radius 2 is 1.52 bits per heavy atom. The Kier molecular flexibility index (Phi) is 14.9. The summed E-state index contributed by atoms with van der Waals surface area (Å²) in [7, 11) is 0. The number of carbonyl (C=O) groups is 1. The van der Waals surface area contributed by atoms with Gasteiger partial charge >= 0.3 is 0 Å². The Labute approximate surface area is 137 Å². The van der Waals surface area contributed by atoms with Gasteiger partial charge in [-0.25, -0.2) is 0 Å². The van der Waals surface area contributed by atoms with Gasteiger partial charge in [0.15, 0.2) is 12.6 Å². The van der Waals surface area contributed by atoms with Crippen molar-refractivity contribution in [2.24, 2.45) is 0 Å². The van der Waals surface area contributed by atoms with E-state index in [1.807, 2.05) is 46.8 Å². The molecule has 0 unspecified atom stereocenters. The van der Waals surface area contributed by atoms with E-state index < -0.39 is 0 Å². The Hall–Kier alpha value is -0.970. The predicted octanol–water partition coefficient (Wildman–Crippen LogP) is 5.09. The first-order valence-corrected chi connectivity index (χ1v) is 7.70. The van der Waals surface area contributed by atoms with Crippen LogP contribution in [0.2, 0.25) is 0 Å². The van der Waals surface area contributed by atoms with Crippen LogP contribution in [0.4, 0.5) is 0 Å². The van der Waals surface area contributed by atoms with Crippen molar-refractivity contribution >= 4 is 22.2 Å². The number of halogens is 1. The number of hydrogen-bond donors (Lipinski definition) is 0. The van der Waals surface area contributed by atoms with Crippen LogP contribution in [0.25, 0.3) is 0 Å². The number of aldehydes is 1. The van der Waals surface area contributed by atoms with Crippen molar-refractivity contribution in [1.82, 2.24) is 0 Å². The summed E-state index contributed by atoms with van der Waals surface area (Å²) < 4.78 is 11.1.